The smallest absolute Gasteiger partial charge is 0.125 e. The molecule has 0 amide bonds. The van der Waals surface area contributed by atoms with Crippen molar-refractivity contribution in [3.05, 3.63) is 28.8 Å². The second kappa shape index (κ2) is 8.44. The quantitative estimate of drug-likeness (QED) is 0.758. The van der Waals surface area contributed by atoms with Crippen LogP contribution in [0, 0.1) is 11.8 Å². The van der Waals surface area contributed by atoms with Crippen LogP contribution in [0.5, 0.6) is 5.75 Å². The lowest BCUT2D eigenvalue weighted by molar-refractivity contribution is 0.286. The van der Waals surface area contributed by atoms with Gasteiger partial charge in [0.2, 0.25) is 0 Å². The molecule has 3 heteroatoms. The molecule has 1 N–H and O–H groups in total. The van der Waals surface area contributed by atoms with Crippen molar-refractivity contribution in [1.29, 1.82) is 0 Å². The van der Waals surface area contributed by atoms with Crippen LogP contribution in [0.4, 0.5) is 0 Å². The zero-order valence-corrected chi connectivity index (χ0v) is 13.3. The van der Waals surface area contributed by atoms with Gasteiger partial charge in [-0.15, -0.1) is 0 Å². The molecule has 0 fully saturated rings. The molecule has 0 aliphatic heterocycles. The monoisotopic (exact) mass is 283 g/mol. The number of hydrogen-bond donors (Lipinski definition) is 1. The lowest BCUT2D eigenvalue weighted by atomic mass is 10.1. The predicted octanol–water partition coefficient (Wildman–Crippen LogP) is 4.51. The second-order valence-corrected chi connectivity index (χ2v) is 6.18. The van der Waals surface area contributed by atoms with Gasteiger partial charge in [0.25, 0.3) is 0 Å². The number of halogens is 1. The maximum Gasteiger partial charge on any atom is 0.125 e. The number of nitrogens with one attached hydrogen (secondary N) is 1. The van der Waals surface area contributed by atoms with E-state index in [2.05, 4.69) is 33.0 Å². The molecule has 0 saturated carbocycles. The third kappa shape index (κ3) is 6.31. The van der Waals surface area contributed by atoms with Crippen molar-refractivity contribution in [1.82, 2.24) is 5.32 Å². The molecule has 0 atom stereocenters. The third-order valence-corrected chi connectivity index (χ3v) is 3.24. The van der Waals surface area contributed by atoms with Crippen LogP contribution < -0.4 is 10.1 Å². The summed E-state index contributed by atoms with van der Waals surface area (Å²) < 4.78 is 5.86. The average Bonchev–Trinajstić information content (AvgIpc) is 2.31. The van der Waals surface area contributed by atoms with E-state index in [9.17, 15) is 0 Å². The molecule has 0 aliphatic rings. The molecule has 0 unspecified atom stereocenters. The molecule has 0 heterocycles. The summed E-state index contributed by atoms with van der Waals surface area (Å²) in [6.45, 7) is 11.3. The molecule has 1 aromatic rings. The minimum Gasteiger partial charge on any atom is -0.493 e. The molecule has 1 rings (SSSR count). The SMILES string of the molecule is CC(C)CCOc1cccc(Cl)c1CNCC(C)C. The van der Waals surface area contributed by atoms with E-state index in [1.165, 1.54) is 0 Å². The van der Waals surface area contributed by atoms with Gasteiger partial charge in [-0.05, 0) is 36.9 Å². The Hall–Kier alpha value is -0.730. The van der Waals surface area contributed by atoms with Crippen LogP contribution >= 0.6 is 11.6 Å². The molecular formula is C16H26ClNO. The lowest BCUT2D eigenvalue weighted by Gasteiger charge is -2.15. The van der Waals surface area contributed by atoms with E-state index in [1.807, 2.05) is 18.2 Å². The summed E-state index contributed by atoms with van der Waals surface area (Å²) in [7, 11) is 0. The molecule has 2 nitrogen and oxygen atoms in total. The summed E-state index contributed by atoms with van der Waals surface area (Å²) in [4.78, 5) is 0. The number of ether oxygens (including phenoxy) is 1. The molecule has 0 bridgehead atoms. The highest BCUT2D eigenvalue weighted by Gasteiger charge is 2.08. The van der Waals surface area contributed by atoms with Gasteiger partial charge in [-0.3, -0.25) is 0 Å². The first kappa shape index (κ1) is 16.3. The molecule has 108 valence electrons. The summed E-state index contributed by atoms with van der Waals surface area (Å²) >= 11 is 6.27. The van der Waals surface area contributed by atoms with Crippen molar-refractivity contribution in [3.8, 4) is 5.75 Å². The normalized spacial score (nSPS) is 11.3. The van der Waals surface area contributed by atoms with Gasteiger partial charge in [-0.1, -0.05) is 45.4 Å². The van der Waals surface area contributed by atoms with E-state index < -0.39 is 0 Å². The number of hydrogen-bond acceptors (Lipinski definition) is 2. The van der Waals surface area contributed by atoms with E-state index in [0.717, 1.165) is 42.5 Å². The van der Waals surface area contributed by atoms with Gasteiger partial charge in [0, 0.05) is 17.1 Å². The van der Waals surface area contributed by atoms with Crippen LogP contribution in [-0.4, -0.2) is 13.2 Å². The van der Waals surface area contributed by atoms with Gasteiger partial charge in [-0.2, -0.15) is 0 Å². The number of benzene rings is 1. The molecule has 0 aliphatic carbocycles. The minimum absolute atomic E-state index is 0.632. The third-order valence-electron chi connectivity index (χ3n) is 2.88. The summed E-state index contributed by atoms with van der Waals surface area (Å²) in [5, 5.41) is 4.19. The molecule has 1 aromatic carbocycles. The van der Waals surface area contributed by atoms with Crippen LogP contribution in [-0.2, 0) is 6.54 Å². The Morgan fingerprint density at radius 3 is 2.53 bits per heavy atom. The molecule has 0 saturated heterocycles. The van der Waals surface area contributed by atoms with Gasteiger partial charge < -0.3 is 10.1 Å². The van der Waals surface area contributed by atoms with E-state index >= 15 is 0 Å². The second-order valence-electron chi connectivity index (χ2n) is 5.77. The van der Waals surface area contributed by atoms with Crippen LogP contribution in [0.3, 0.4) is 0 Å². The van der Waals surface area contributed by atoms with Crippen molar-refractivity contribution in [3.63, 3.8) is 0 Å². The summed E-state index contributed by atoms with van der Waals surface area (Å²) in [6, 6.07) is 5.86. The predicted molar refractivity (Wildman–Crippen MR) is 82.9 cm³/mol. The Bertz CT molecular complexity index is 377. The largest absolute Gasteiger partial charge is 0.493 e. The van der Waals surface area contributed by atoms with Crippen LogP contribution in [0.2, 0.25) is 5.02 Å². The Morgan fingerprint density at radius 2 is 1.89 bits per heavy atom. The zero-order chi connectivity index (χ0) is 14.3. The summed E-state index contributed by atoms with van der Waals surface area (Å²) in [5.41, 5.74) is 1.06. The number of rotatable bonds is 8. The highest BCUT2D eigenvalue weighted by molar-refractivity contribution is 6.31. The van der Waals surface area contributed by atoms with E-state index in [4.69, 9.17) is 16.3 Å². The topological polar surface area (TPSA) is 21.3 Å². The fourth-order valence-corrected chi connectivity index (χ4v) is 1.97. The first-order valence-electron chi connectivity index (χ1n) is 7.11. The van der Waals surface area contributed by atoms with E-state index in [-0.39, 0.29) is 0 Å². The highest BCUT2D eigenvalue weighted by atomic mass is 35.5. The molecular weight excluding hydrogens is 258 g/mol. The molecule has 0 aromatic heterocycles. The standard InChI is InChI=1S/C16H26ClNO/c1-12(2)8-9-19-16-7-5-6-15(17)14(16)11-18-10-13(3)4/h5-7,12-13,18H,8-11H2,1-4H3. The van der Waals surface area contributed by atoms with E-state index in [0.29, 0.717) is 11.8 Å². The fraction of sp³-hybridized carbons (Fsp3) is 0.625. The average molecular weight is 284 g/mol. The Balaban J connectivity index is 2.61. The highest BCUT2D eigenvalue weighted by Crippen LogP contribution is 2.26. The molecule has 0 radical (unpaired) electrons. The first-order valence-corrected chi connectivity index (χ1v) is 7.49. The van der Waals surface area contributed by atoms with Gasteiger partial charge in [0.1, 0.15) is 5.75 Å². The van der Waals surface area contributed by atoms with Crippen LogP contribution in [0.25, 0.3) is 0 Å². The van der Waals surface area contributed by atoms with Crippen LogP contribution in [0.15, 0.2) is 18.2 Å². The van der Waals surface area contributed by atoms with Crippen LogP contribution in [0.1, 0.15) is 39.7 Å². The maximum absolute atomic E-state index is 6.27. The van der Waals surface area contributed by atoms with Gasteiger partial charge in [-0.25, -0.2) is 0 Å². The van der Waals surface area contributed by atoms with Crippen molar-refractivity contribution in [2.75, 3.05) is 13.2 Å². The molecule has 0 spiro atoms. The Morgan fingerprint density at radius 1 is 1.16 bits per heavy atom. The van der Waals surface area contributed by atoms with Crippen molar-refractivity contribution >= 4 is 11.6 Å². The van der Waals surface area contributed by atoms with E-state index in [1.54, 1.807) is 0 Å². The van der Waals surface area contributed by atoms with Crippen molar-refractivity contribution in [2.45, 2.75) is 40.7 Å². The maximum atomic E-state index is 6.27. The summed E-state index contributed by atoms with van der Waals surface area (Å²) in [5.74, 6) is 2.19. The first-order chi connectivity index (χ1) is 9.00. The van der Waals surface area contributed by atoms with Crippen molar-refractivity contribution in [2.24, 2.45) is 11.8 Å². The minimum atomic E-state index is 0.632. The Kier molecular flexibility index (Phi) is 7.25. The van der Waals surface area contributed by atoms with Gasteiger partial charge in [0.15, 0.2) is 0 Å². The van der Waals surface area contributed by atoms with Gasteiger partial charge in [0.05, 0.1) is 6.61 Å². The fourth-order valence-electron chi connectivity index (χ4n) is 1.74. The zero-order valence-electron chi connectivity index (χ0n) is 12.5. The molecule has 19 heavy (non-hydrogen) atoms. The Labute approximate surface area is 122 Å². The lowest BCUT2D eigenvalue weighted by Crippen LogP contribution is -2.19. The van der Waals surface area contributed by atoms with Gasteiger partial charge >= 0.3 is 0 Å². The summed E-state index contributed by atoms with van der Waals surface area (Å²) in [6.07, 6.45) is 1.06. The van der Waals surface area contributed by atoms with Crippen molar-refractivity contribution < 1.29 is 4.74 Å².